The zero-order valence-electron chi connectivity index (χ0n) is 19.3. The number of anilines is 2. The minimum atomic E-state index is -0.312. The zero-order chi connectivity index (χ0) is 24.9. The molecule has 3 aromatic carbocycles. The van der Waals surface area contributed by atoms with Crippen LogP contribution in [-0.2, 0) is 0 Å². The van der Waals surface area contributed by atoms with Gasteiger partial charge in [-0.25, -0.2) is 4.68 Å². The summed E-state index contributed by atoms with van der Waals surface area (Å²) >= 11 is 1.38. The number of carbonyl (C=O) groups is 2. The van der Waals surface area contributed by atoms with E-state index < -0.39 is 0 Å². The average Bonchev–Trinajstić information content (AvgIpc) is 3.61. The van der Waals surface area contributed by atoms with E-state index in [4.69, 9.17) is 9.84 Å². The second-order valence-electron chi connectivity index (χ2n) is 7.83. The van der Waals surface area contributed by atoms with Crippen LogP contribution >= 0.6 is 11.3 Å². The number of benzene rings is 3. The molecular formula is C28H22N4O3S. The summed E-state index contributed by atoms with van der Waals surface area (Å²) in [5.74, 6) is 0.140. The van der Waals surface area contributed by atoms with Crippen molar-refractivity contribution in [2.24, 2.45) is 0 Å². The predicted octanol–water partition coefficient (Wildman–Crippen LogP) is 6.11. The summed E-state index contributed by atoms with van der Waals surface area (Å²) in [7, 11) is 1.59. The van der Waals surface area contributed by atoms with Crippen molar-refractivity contribution >= 4 is 34.5 Å². The second-order valence-corrected chi connectivity index (χ2v) is 8.78. The smallest absolute Gasteiger partial charge is 0.265 e. The van der Waals surface area contributed by atoms with E-state index in [0.29, 0.717) is 38.8 Å². The van der Waals surface area contributed by atoms with Crippen LogP contribution in [0.15, 0.2) is 103 Å². The lowest BCUT2D eigenvalue weighted by Gasteiger charge is -2.09. The highest BCUT2D eigenvalue weighted by Crippen LogP contribution is 2.32. The Bertz CT molecular complexity index is 1490. The molecule has 0 aliphatic rings. The summed E-state index contributed by atoms with van der Waals surface area (Å²) in [6.45, 7) is 0. The van der Waals surface area contributed by atoms with Crippen LogP contribution in [0, 0.1) is 0 Å². The monoisotopic (exact) mass is 494 g/mol. The van der Waals surface area contributed by atoms with Gasteiger partial charge in [0.05, 0.1) is 23.2 Å². The van der Waals surface area contributed by atoms with Gasteiger partial charge >= 0.3 is 0 Å². The van der Waals surface area contributed by atoms with E-state index in [9.17, 15) is 9.59 Å². The molecule has 2 aromatic heterocycles. The van der Waals surface area contributed by atoms with Gasteiger partial charge in [-0.1, -0.05) is 36.4 Å². The second kappa shape index (κ2) is 10.3. The number of nitrogens with zero attached hydrogens (tertiary/aromatic N) is 2. The fraction of sp³-hybridized carbons (Fsp3) is 0.0357. The van der Waals surface area contributed by atoms with E-state index in [1.807, 2.05) is 66.0 Å². The Balaban J connectivity index is 1.41. The molecule has 0 bridgehead atoms. The number of methoxy groups -OCH3 is 1. The largest absolute Gasteiger partial charge is 0.496 e. The van der Waals surface area contributed by atoms with Crippen LogP contribution in [0.1, 0.15) is 20.0 Å². The van der Waals surface area contributed by atoms with Crippen LogP contribution in [0.25, 0.3) is 16.9 Å². The van der Waals surface area contributed by atoms with Crippen LogP contribution in [0.5, 0.6) is 5.75 Å². The summed E-state index contributed by atoms with van der Waals surface area (Å²) in [6.07, 6.45) is 1.71. The van der Waals surface area contributed by atoms with E-state index in [1.165, 1.54) is 11.3 Å². The van der Waals surface area contributed by atoms with Crippen LogP contribution in [-0.4, -0.2) is 28.7 Å². The molecular weight excluding hydrogens is 472 g/mol. The standard InChI is InChI=1S/C28H22N4O3S/c1-35-24-11-6-5-10-22(24)26-23(18-32(31-26)21-8-3-2-4-9-21)27(33)29-19-13-15-20(16-14-19)30-28(34)25-12-7-17-36-25/h2-18H,1H3,(H,29,33)(H,30,34). The molecule has 8 heteroatoms. The summed E-state index contributed by atoms with van der Waals surface area (Å²) < 4.78 is 7.21. The molecule has 0 radical (unpaired) electrons. The van der Waals surface area contributed by atoms with Crippen LogP contribution in [0.3, 0.4) is 0 Å². The molecule has 2 N–H and O–H groups in total. The minimum absolute atomic E-state index is 0.170. The third-order valence-corrected chi connectivity index (χ3v) is 6.36. The molecule has 36 heavy (non-hydrogen) atoms. The Labute approximate surface area is 212 Å². The Morgan fingerprint density at radius 2 is 1.47 bits per heavy atom. The molecule has 7 nitrogen and oxygen atoms in total. The molecule has 5 rings (SSSR count). The van der Waals surface area contributed by atoms with Crippen LogP contribution in [0.4, 0.5) is 11.4 Å². The molecule has 0 saturated heterocycles. The minimum Gasteiger partial charge on any atom is -0.496 e. The first-order valence-electron chi connectivity index (χ1n) is 11.2. The fourth-order valence-electron chi connectivity index (χ4n) is 3.73. The number of nitrogens with one attached hydrogen (secondary N) is 2. The molecule has 0 unspecified atom stereocenters. The summed E-state index contributed by atoms with van der Waals surface area (Å²) in [5, 5.41) is 12.4. The maximum Gasteiger partial charge on any atom is 0.265 e. The number of aromatic nitrogens is 2. The highest BCUT2D eigenvalue weighted by molar-refractivity contribution is 7.12. The van der Waals surface area contributed by atoms with Crippen LogP contribution in [0.2, 0.25) is 0 Å². The predicted molar refractivity (Wildman–Crippen MR) is 142 cm³/mol. The number of hydrogen-bond acceptors (Lipinski definition) is 5. The first kappa shape index (κ1) is 23.1. The summed E-state index contributed by atoms with van der Waals surface area (Å²) in [6, 6.07) is 27.6. The number of hydrogen-bond donors (Lipinski definition) is 2. The van der Waals surface area contributed by atoms with E-state index in [1.54, 1.807) is 48.3 Å². The highest BCUT2D eigenvalue weighted by Gasteiger charge is 2.21. The lowest BCUT2D eigenvalue weighted by molar-refractivity contribution is 0.102. The van der Waals surface area contributed by atoms with Crippen LogP contribution < -0.4 is 15.4 Å². The number of amides is 2. The van der Waals surface area contributed by atoms with Crippen molar-refractivity contribution in [2.45, 2.75) is 0 Å². The molecule has 5 aromatic rings. The topological polar surface area (TPSA) is 85.2 Å². The van der Waals surface area contributed by atoms with Crippen molar-refractivity contribution < 1.29 is 14.3 Å². The van der Waals surface area contributed by atoms with Crippen molar-refractivity contribution in [2.75, 3.05) is 17.7 Å². The normalized spacial score (nSPS) is 10.6. The van der Waals surface area contributed by atoms with Gasteiger partial charge < -0.3 is 15.4 Å². The van der Waals surface area contributed by atoms with E-state index in [-0.39, 0.29) is 11.8 Å². The van der Waals surface area contributed by atoms with Crippen molar-refractivity contribution in [3.63, 3.8) is 0 Å². The Morgan fingerprint density at radius 3 is 2.14 bits per heavy atom. The highest BCUT2D eigenvalue weighted by atomic mass is 32.1. The molecule has 0 spiro atoms. The molecule has 0 atom stereocenters. The fourth-order valence-corrected chi connectivity index (χ4v) is 4.35. The Kier molecular flexibility index (Phi) is 6.59. The summed E-state index contributed by atoms with van der Waals surface area (Å²) in [5.41, 5.74) is 3.68. The van der Waals surface area contributed by atoms with Gasteiger partial charge in [-0.3, -0.25) is 9.59 Å². The quantitative estimate of drug-likeness (QED) is 0.286. The average molecular weight is 495 g/mol. The van der Waals surface area contributed by atoms with Gasteiger partial charge in [0.15, 0.2) is 0 Å². The van der Waals surface area contributed by atoms with Gasteiger partial charge in [0.25, 0.3) is 11.8 Å². The van der Waals surface area contributed by atoms with Gasteiger partial charge in [-0.2, -0.15) is 5.10 Å². The number of carbonyl (C=O) groups excluding carboxylic acids is 2. The number of para-hydroxylation sites is 2. The molecule has 0 fully saturated rings. The molecule has 178 valence electrons. The first-order chi connectivity index (χ1) is 17.6. The molecule has 2 heterocycles. The van der Waals surface area contributed by atoms with Gasteiger partial charge in [0, 0.05) is 23.1 Å². The molecule has 0 saturated carbocycles. The van der Waals surface area contributed by atoms with Crippen molar-refractivity contribution in [1.82, 2.24) is 9.78 Å². The lowest BCUT2D eigenvalue weighted by atomic mass is 10.1. The lowest BCUT2D eigenvalue weighted by Crippen LogP contribution is -2.13. The SMILES string of the molecule is COc1ccccc1-c1nn(-c2ccccc2)cc1C(=O)Nc1ccc(NC(=O)c2cccs2)cc1. The van der Waals surface area contributed by atoms with Crippen molar-refractivity contribution in [3.8, 4) is 22.7 Å². The first-order valence-corrected chi connectivity index (χ1v) is 12.0. The molecule has 0 aliphatic carbocycles. The zero-order valence-corrected chi connectivity index (χ0v) is 20.2. The van der Waals surface area contributed by atoms with E-state index >= 15 is 0 Å². The van der Waals surface area contributed by atoms with Gasteiger partial charge in [-0.15, -0.1) is 11.3 Å². The van der Waals surface area contributed by atoms with E-state index in [0.717, 1.165) is 5.69 Å². The van der Waals surface area contributed by atoms with Crippen molar-refractivity contribution in [1.29, 1.82) is 0 Å². The number of ether oxygens (including phenoxy) is 1. The third-order valence-electron chi connectivity index (χ3n) is 5.49. The number of rotatable bonds is 7. The molecule has 2 amide bonds. The Hall–Kier alpha value is -4.69. The summed E-state index contributed by atoms with van der Waals surface area (Å²) in [4.78, 5) is 26.3. The van der Waals surface area contributed by atoms with Gasteiger partial charge in [0.2, 0.25) is 0 Å². The molecule has 0 aliphatic heterocycles. The third kappa shape index (κ3) is 4.89. The maximum absolute atomic E-state index is 13.4. The van der Waals surface area contributed by atoms with Gasteiger partial charge in [-0.05, 0) is 60.0 Å². The maximum atomic E-state index is 13.4. The Morgan fingerprint density at radius 1 is 0.806 bits per heavy atom. The number of thiophene rings is 1. The van der Waals surface area contributed by atoms with E-state index in [2.05, 4.69) is 10.6 Å². The van der Waals surface area contributed by atoms with Gasteiger partial charge in [0.1, 0.15) is 11.4 Å². The van der Waals surface area contributed by atoms with Crippen molar-refractivity contribution in [3.05, 3.63) is 113 Å².